The van der Waals surface area contributed by atoms with E-state index < -0.39 is 10.9 Å². The number of nitro benzene ring substituents is 1. The van der Waals surface area contributed by atoms with Crippen LogP contribution in [0.5, 0.6) is 11.5 Å². The zero-order chi connectivity index (χ0) is 22.5. The highest BCUT2D eigenvalue weighted by Gasteiger charge is 2.18. The third-order valence-electron chi connectivity index (χ3n) is 4.39. The molecule has 0 radical (unpaired) electrons. The summed E-state index contributed by atoms with van der Waals surface area (Å²) >= 11 is 5.98. The normalized spacial score (nSPS) is 10.7. The first-order chi connectivity index (χ1) is 14.8. The number of aromatic nitrogens is 1. The minimum atomic E-state index is -0.546. The van der Waals surface area contributed by atoms with Gasteiger partial charge in [-0.2, -0.15) is 0 Å². The maximum atomic E-state index is 11.4. The predicted octanol–water partition coefficient (Wildman–Crippen LogP) is 5.32. The van der Waals surface area contributed by atoms with Crippen LogP contribution in [0.3, 0.4) is 0 Å². The minimum Gasteiger partial charge on any atom is -0.490 e. The second-order valence-corrected chi connectivity index (χ2v) is 6.96. The van der Waals surface area contributed by atoms with Gasteiger partial charge in [0, 0.05) is 23.9 Å². The smallest absolute Gasteiger partial charge is 0.303 e. The molecular formula is C22H21ClN2O6. The predicted molar refractivity (Wildman–Crippen MR) is 117 cm³/mol. The molecule has 0 aliphatic heterocycles. The number of nitrogens with zero attached hydrogens (tertiary/aromatic N) is 2. The molecule has 9 heteroatoms. The third-order valence-corrected chi connectivity index (χ3v) is 4.71. The number of carbonyl (C=O) groups is 1. The number of carbonyl (C=O) groups excluding carboxylic acids is 1. The number of hydrogen-bond acceptors (Lipinski definition) is 7. The molecule has 0 saturated carbocycles. The van der Waals surface area contributed by atoms with Gasteiger partial charge >= 0.3 is 5.97 Å². The molecule has 8 nitrogen and oxygen atoms in total. The summed E-state index contributed by atoms with van der Waals surface area (Å²) in [5.41, 5.74) is 1.23. The van der Waals surface area contributed by atoms with Crippen molar-refractivity contribution in [2.45, 2.75) is 27.4 Å². The second-order valence-electron chi connectivity index (χ2n) is 6.55. The lowest BCUT2D eigenvalue weighted by Gasteiger charge is -2.15. The summed E-state index contributed by atoms with van der Waals surface area (Å²) in [7, 11) is 0. The van der Waals surface area contributed by atoms with E-state index in [1.165, 1.54) is 19.1 Å². The Morgan fingerprint density at radius 3 is 2.39 bits per heavy atom. The Balaban J connectivity index is 2.28. The number of fused-ring (bicyclic) bond motifs is 1. The van der Waals surface area contributed by atoms with Crippen molar-refractivity contribution in [1.82, 2.24) is 4.98 Å². The van der Waals surface area contributed by atoms with E-state index >= 15 is 0 Å². The van der Waals surface area contributed by atoms with Crippen LogP contribution in [0.15, 0.2) is 36.4 Å². The molecule has 2 aromatic carbocycles. The monoisotopic (exact) mass is 444 g/mol. The lowest BCUT2D eigenvalue weighted by atomic mass is 10.0. The highest BCUT2D eigenvalue weighted by molar-refractivity contribution is 6.32. The molecule has 3 aromatic rings. The molecule has 0 aliphatic carbocycles. The Kier molecular flexibility index (Phi) is 6.91. The number of esters is 1. The van der Waals surface area contributed by atoms with Gasteiger partial charge in [0.2, 0.25) is 0 Å². The van der Waals surface area contributed by atoms with Crippen molar-refractivity contribution < 1.29 is 23.9 Å². The Morgan fingerprint density at radius 1 is 1.10 bits per heavy atom. The molecule has 1 heterocycles. The average Bonchev–Trinajstić information content (AvgIpc) is 2.73. The summed E-state index contributed by atoms with van der Waals surface area (Å²) in [6.45, 7) is 5.90. The molecule has 3 rings (SSSR count). The van der Waals surface area contributed by atoms with Crippen LogP contribution in [0.25, 0.3) is 22.0 Å². The minimum absolute atomic E-state index is 0.0303. The molecular weight excluding hydrogens is 424 g/mol. The van der Waals surface area contributed by atoms with Crippen LogP contribution in [-0.4, -0.2) is 29.1 Å². The fourth-order valence-corrected chi connectivity index (χ4v) is 3.31. The van der Waals surface area contributed by atoms with Crippen molar-refractivity contribution in [3.63, 3.8) is 0 Å². The number of halogens is 1. The van der Waals surface area contributed by atoms with Crippen LogP contribution >= 0.6 is 11.6 Å². The van der Waals surface area contributed by atoms with E-state index in [2.05, 4.69) is 4.98 Å². The number of ether oxygens (including phenoxy) is 3. The number of pyridine rings is 1. The molecule has 0 amide bonds. The van der Waals surface area contributed by atoms with Crippen molar-refractivity contribution in [2.75, 3.05) is 13.2 Å². The summed E-state index contributed by atoms with van der Waals surface area (Å²) < 4.78 is 16.5. The van der Waals surface area contributed by atoms with Crippen LogP contribution in [0, 0.1) is 10.1 Å². The van der Waals surface area contributed by atoms with Crippen LogP contribution in [0.2, 0.25) is 5.02 Å². The van der Waals surface area contributed by atoms with Crippen molar-refractivity contribution >= 4 is 34.0 Å². The Morgan fingerprint density at radius 2 is 1.77 bits per heavy atom. The van der Waals surface area contributed by atoms with Crippen LogP contribution in [-0.2, 0) is 16.1 Å². The quantitative estimate of drug-likeness (QED) is 0.263. The molecule has 0 unspecified atom stereocenters. The maximum Gasteiger partial charge on any atom is 0.303 e. The van der Waals surface area contributed by atoms with E-state index in [0.717, 1.165) is 5.39 Å². The van der Waals surface area contributed by atoms with Crippen LogP contribution < -0.4 is 9.47 Å². The first-order valence-corrected chi connectivity index (χ1v) is 10.0. The van der Waals surface area contributed by atoms with E-state index in [1.807, 2.05) is 19.9 Å². The molecule has 0 N–H and O–H groups in total. The van der Waals surface area contributed by atoms with Crippen LogP contribution in [0.1, 0.15) is 26.5 Å². The fraction of sp³-hybridized carbons (Fsp3) is 0.273. The Bertz CT molecular complexity index is 1150. The molecule has 1 aromatic heterocycles. The molecule has 0 aliphatic rings. The molecule has 0 spiro atoms. The number of nitro groups is 1. The number of rotatable bonds is 8. The zero-order valence-electron chi connectivity index (χ0n) is 17.3. The molecule has 31 heavy (non-hydrogen) atoms. The Hall–Kier alpha value is -3.39. The molecule has 0 fully saturated rings. The van der Waals surface area contributed by atoms with Gasteiger partial charge in [-0.15, -0.1) is 0 Å². The summed E-state index contributed by atoms with van der Waals surface area (Å²) in [5, 5.41) is 12.9. The highest BCUT2D eigenvalue weighted by atomic mass is 35.5. The lowest BCUT2D eigenvalue weighted by Crippen LogP contribution is -2.03. The SMILES string of the molecule is CCOc1cc2cc(COC(C)=O)nc(-c3ccc(Cl)c([N+](=O)[O-])c3)c2cc1OCC. The third kappa shape index (κ3) is 5.03. The fourth-order valence-electron chi connectivity index (χ4n) is 3.12. The van der Waals surface area contributed by atoms with Gasteiger partial charge in [-0.1, -0.05) is 17.7 Å². The first-order valence-electron chi connectivity index (χ1n) is 9.65. The van der Waals surface area contributed by atoms with E-state index in [4.69, 9.17) is 25.8 Å². The van der Waals surface area contributed by atoms with Gasteiger partial charge in [0.25, 0.3) is 5.69 Å². The Labute approximate surface area is 183 Å². The summed E-state index contributed by atoms with van der Waals surface area (Å²) in [6.07, 6.45) is 0. The standard InChI is InChI=1S/C22H21ClN2O6/c1-4-29-20-10-15-8-16(12-31-13(3)26)24-22(17(15)11-21(20)30-5-2)14-6-7-18(23)19(9-14)25(27)28/h6-11H,4-5,12H2,1-3H3. The number of benzene rings is 2. The van der Waals surface area contributed by atoms with Crippen molar-refractivity contribution in [3.05, 3.63) is 57.2 Å². The highest BCUT2D eigenvalue weighted by Crippen LogP contribution is 2.38. The molecule has 0 atom stereocenters. The van der Waals surface area contributed by atoms with Gasteiger partial charge in [0.15, 0.2) is 11.5 Å². The largest absolute Gasteiger partial charge is 0.490 e. The van der Waals surface area contributed by atoms with Gasteiger partial charge in [0.1, 0.15) is 11.6 Å². The summed E-state index contributed by atoms with van der Waals surface area (Å²) in [4.78, 5) is 26.7. The second kappa shape index (κ2) is 9.61. The molecule has 0 bridgehead atoms. The topological polar surface area (TPSA) is 101 Å². The lowest BCUT2D eigenvalue weighted by molar-refractivity contribution is -0.384. The van der Waals surface area contributed by atoms with E-state index in [-0.39, 0.29) is 17.3 Å². The molecule has 162 valence electrons. The van der Waals surface area contributed by atoms with Gasteiger partial charge in [-0.25, -0.2) is 4.98 Å². The average molecular weight is 445 g/mol. The van der Waals surface area contributed by atoms with Crippen molar-refractivity contribution in [2.24, 2.45) is 0 Å². The van der Waals surface area contributed by atoms with E-state index in [9.17, 15) is 14.9 Å². The van der Waals surface area contributed by atoms with Gasteiger partial charge in [-0.05, 0) is 43.5 Å². The van der Waals surface area contributed by atoms with Gasteiger partial charge in [0.05, 0.1) is 29.5 Å². The van der Waals surface area contributed by atoms with Gasteiger partial charge < -0.3 is 14.2 Å². The van der Waals surface area contributed by atoms with Gasteiger partial charge in [-0.3, -0.25) is 14.9 Å². The van der Waals surface area contributed by atoms with E-state index in [0.29, 0.717) is 47.1 Å². The number of hydrogen-bond donors (Lipinski definition) is 0. The van der Waals surface area contributed by atoms with Crippen molar-refractivity contribution in [3.8, 4) is 22.8 Å². The van der Waals surface area contributed by atoms with Crippen molar-refractivity contribution in [1.29, 1.82) is 0 Å². The zero-order valence-corrected chi connectivity index (χ0v) is 18.1. The maximum absolute atomic E-state index is 11.4. The van der Waals surface area contributed by atoms with E-state index in [1.54, 1.807) is 18.2 Å². The van der Waals surface area contributed by atoms with Crippen LogP contribution in [0.4, 0.5) is 5.69 Å². The summed E-state index contributed by atoms with van der Waals surface area (Å²) in [5.74, 6) is 0.665. The summed E-state index contributed by atoms with van der Waals surface area (Å²) in [6, 6.07) is 9.88. The molecule has 0 saturated heterocycles. The first kappa shape index (κ1) is 22.3.